The lowest BCUT2D eigenvalue weighted by atomic mass is 9.95. The van der Waals surface area contributed by atoms with Gasteiger partial charge in [0.05, 0.1) is 27.4 Å². The van der Waals surface area contributed by atoms with Crippen LogP contribution in [0.1, 0.15) is 44.2 Å². The lowest BCUT2D eigenvalue weighted by Crippen LogP contribution is -2.37. The number of hydrogen-bond acceptors (Lipinski definition) is 5. The number of halogens is 1. The van der Waals surface area contributed by atoms with Crippen molar-refractivity contribution in [1.29, 1.82) is 0 Å². The van der Waals surface area contributed by atoms with Crippen molar-refractivity contribution >= 4 is 40.2 Å². The molecule has 1 aromatic carbocycles. The number of carbonyl (C=O) groups is 1. The molecule has 1 aliphatic carbocycles. The van der Waals surface area contributed by atoms with Crippen molar-refractivity contribution in [3.63, 3.8) is 0 Å². The molecule has 170 valence electrons. The Morgan fingerprint density at radius 2 is 2.00 bits per heavy atom. The summed E-state index contributed by atoms with van der Waals surface area (Å²) in [5.41, 5.74) is 1.36. The first-order chi connectivity index (χ1) is 15.5. The fourth-order valence-electron chi connectivity index (χ4n) is 4.10. The summed E-state index contributed by atoms with van der Waals surface area (Å²) in [7, 11) is 0. The minimum Gasteiger partial charge on any atom is -0.353 e. The van der Waals surface area contributed by atoms with Crippen molar-refractivity contribution in [2.45, 2.75) is 69.7 Å². The third-order valence-corrected chi connectivity index (χ3v) is 7.13. The second-order valence-electron chi connectivity index (χ2n) is 8.24. The van der Waals surface area contributed by atoms with Crippen LogP contribution < -0.4 is 10.9 Å². The highest BCUT2D eigenvalue weighted by atomic mass is 35.5. The molecule has 1 amide bonds. The molecule has 0 unspecified atom stereocenters. The molecule has 1 N–H and O–H groups in total. The first-order valence-electron chi connectivity index (χ1n) is 11.1. The number of nitrogens with one attached hydrogen (secondary N) is 1. The molecule has 0 radical (unpaired) electrons. The van der Waals surface area contributed by atoms with Crippen LogP contribution >= 0.6 is 23.4 Å². The highest BCUT2D eigenvalue weighted by Crippen LogP contribution is 2.20. The van der Waals surface area contributed by atoms with E-state index in [1.165, 1.54) is 31.0 Å². The number of thioether (sulfide) groups is 1. The molecule has 0 spiro atoms. The largest absolute Gasteiger partial charge is 0.353 e. The van der Waals surface area contributed by atoms with E-state index in [0.717, 1.165) is 18.5 Å². The van der Waals surface area contributed by atoms with Crippen LogP contribution in [-0.2, 0) is 17.9 Å². The van der Waals surface area contributed by atoms with E-state index in [1.807, 2.05) is 25.1 Å². The molecule has 2 heterocycles. The average molecular weight is 474 g/mol. The van der Waals surface area contributed by atoms with Crippen LogP contribution in [-0.4, -0.2) is 37.0 Å². The molecule has 4 rings (SSSR count). The minimum atomic E-state index is -0.0829. The molecule has 0 bridgehead atoms. The van der Waals surface area contributed by atoms with Crippen LogP contribution in [0.4, 0.5) is 0 Å². The summed E-state index contributed by atoms with van der Waals surface area (Å²) in [6.07, 6.45) is 8.18. The van der Waals surface area contributed by atoms with Gasteiger partial charge >= 0.3 is 0 Å². The number of nitrogens with zero attached hydrogens (tertiary/aromatic N) is 4. The number of aryl methyl sites for hydroxylation is 2. The number of benzene rings is 1. The van der Waals surface area contributed by atoms with Crippen LogP contribution in [0.2, 0.25) is 5.02 Å². The maximum absolute atomic E-state index is 13.2. The number of para-hydroxylation sites is 1. The predicted octanol–water partition coefficient (Wildman–Crippen LogP) is 4.19. The number of fused-ring (bicyclic) bond motifs is 1. The second kappa shape index (κ2) is 10.5. The number of rotatable bonds is 8. The van der Waals surface area contributed by atoms with Gasteiger partial charge in [-0.15, -0.1) is 0 Å². The number of carbonyl (C=O) groups excluding carboxylic acids is 1. The third kappa shape index (κ3) is 5.53. The smallest absolute Gasteiger partial charge is 0.262 e. The number of hydrogen-bond donors (Lipinski definition) is 1. The van der Waals surface area contributed by atoms with Crippen molar-refractivity contribution < 1.29 is 4.79 Å². The van der Waals surface area contributed by atoms with E-state index in [2.05, 4.69) is 10.4 Å². The molecular formula is C23H28ClN5O2S. The summed E-state index contributed by atoms with van der Waals surface area (Å²) in [5, 5.41) is 9.30. The highest BCUT2D eigenvalue weighted by molar-refractivity contribution is 7.99. The molecular weight excluding hydrogens is 446 g/mol. The van der Waals surface area contributed by atoms with Gasteiger partial charge in [0.2, 0.25) is 5.91 Å². The van der Waals surface area contributed by atoms with Gasteiger partial charge in [0.1, 0.15) is 0 Å². The van der Waals surface area contributed by atoms with Crippen LogP contribution in [0.25, 0.3) is 10.9 Å². The molecule has 0 atom stereocenters. The monoisotopic (exact) mass is 473 g/mol. The van der Waals surface area contributed by atoms with Crippen LogP contribution in [0.3, 0.4) is 0 Å². The van der Waals surface area contributed by atoms with Gasteiger partial charge in [-0.2, -0.15) is 5.10 Å². The fourth-order valence-corrected chi connectivity index (χ4v) is 5.09. The molecule has 1 aliphatic rings. The molecule has 1 saturated carbocycles. The Hall–Kier alpha value is -2.32. The van der Waals surface area contributed by atoms with Gasteiger partial charge in [-0.1, -0.05) is 54.8 Å². The zero-order valence-electron chi connectivity index (χ0n) is 18.2. The molecule has 32 heavy (non-hydrogen) atoms. The van der Waals surface area contributed by atoms with Crippen molar-refractivity contribution in [2.75, 3.05) is 5.75 Å². The van der Waals surface area contributed by atoms with E-state index in [4.69, 9.17) is 16.6 Å². The Morgan fingerprint density at radius 1 is 1.22 bits per heavy atom. The summed E-state index contributed by atoms with van der Waals surface area (Å²) >= 11 is 7.41. The molecule has 0 aliphatic heterocycles. The zero-order valence-corrected chi connectivity index (χ0v) is 19.8. The first kappa shape index (κ1) is 22.9. The van der Waals surface area contributed by atoms with E-state index in [9.17, 15) is 9.59 Å². The number of amides is 1. The van der Waals surface area contributed by atoms with Crippen LogP contribution in [0.5, 0.6) is 0 Å². The Kier molecular flexibility index (Phi) is 7.52. The normalized spacial score (nSPS) is 14.7. The molecule has 1 fully saturated rings. The Labute approximate surface area is 196 Å². The maximum Gasteiger partial charge on any atom is 0.262 e. The summed E-state index contributed by atoms with van der Waals surface area (Å²) < 4.78 is 3.47. The predicted molar refractivity (Wildman–Crippen MR) is 128 cm³/mol. The van der Waals surface area contributed by atoms with E-state index in [1.54, 1.807) is 21.5 Å². The number of aromatic nitrogens is 4. The molecule has 3 aromatic rings. The van der Waals surface area contributed by atoms with Crippen LogP contribution in [0, 0.1) is 6.92 Å². The van der Waals surface area contributed by atoms with E-state index in [-0.39, 0.29) is 23.3 Å². The zero-order chi connectivity index (χ0) is 22.5. The van der Waals surface area contributed by atoms with Gasteiger partial charge in [0.25, 0.3) is 5.56 Å². The summed E-state index contributed by atoms with van der Waals surface area (Å²) in [6, 6.07) is 7.61. The molecule has 2 aromatic heterocycles. The van der Waals surface area contributed by atoms with Gasteiger partial charge in [-0.3, -0.25) is 18.8 Å². The molecule has 0 saturated heterocycles. The lowest BCUT2D eigenvalue weighted by Gasteiger charge is -2.22. The van der Waals surface area contributed by atoms with Gasteiger partial charge in [-0.05, 0) is 38.3 Å². The van der Waals surface area contributed by atoms with Gasteiger partial charge in [-0.25, -0.2) is 4.98 Å². The fraction of sp³-hybridized carbons (Fsp3) is 0.478. The molecule has 9 heteroatoms. The van der Waals surface area contributed by atoms with E-state index in [0.29, 0.717) is 40.6 Å². The van der Waals surface area contributed by atoms with Crippen molar-refractivity contribution in [3.05, 3.63) is 51.5 Å². The average Bonchev–Trinajstić information content (AvgIpc) is 3.12. The SMILES string of the molecule is Cc1nn(CCCn2c(SCC(=O)NC3CCCCC3)nc3ccccc3c2=O)cc1Cl. The second-order valence-corrected chi connectivity index (χ2v) is 9.59. The van der Waals surface area contributed by atoms with Gasteiger partial charge in [0, 0.05) is 25.3 Å². The van der Waals surface area contributed by atoms with Crippen LogP contribution in [0.15, 0.2) is 40.4 Å². The summed E-state index contributed by atoms with van der Waals surface area (Å²) in [4.78, 5) is 30.4. The Bertz CT molecular complexity index is 1130. The van der Waals surface area contributed by atoms with E-state index < -0.39 is 0 Å². The summed E-state index contributed by atoms with van der Waals surface area (Å²) in [5.74, 6) is 0.243. The Morgan fingerprint density at radius 3 is 2.75 bits per heavy atom. The quantitative estimate of drug-likeness (QED) is 0.392. The van der Waals surface area contributed by atoms with Crippen molar-refractivity contribution in [1.82, 2.24) is 24.6 Å². The topological polar surface area (TPSA) is 81.8 Å². The maximum atomic E-state index is 13.2. The Balaban J connectivity index is 1.48. The van der Waals surface area contributed by atoms with Crippen molar-refractivity contribution in [3.8, 4) is 0 Å². The standard InChI is InChI=1S/C23H28ClN5O2S/c1-16-19(24)14-28(27-16)12-7-13-29-22(31)18-10-5-6-11-20(18)26-23(29)32-15-21(30)25-17-8-3-2-4-9-17/h5-6,10-11,14,17H,2-4,7-9,12-13,15H2,1H3,(H,25,30). The summed E-state index contributed by atoms with van der Waals surface area (Å²) in [6.45, 7) is 2.99. The highest BCUT2D eigenvalue weighted by Gasteiger charge is 2.17. The minimum absolute atomic E-state index is 0.00230. The molecule has 7 nitrogen and oxygen atoms in total. The van der Waals surface area contributed by atoms with Gasteiger partial charge < -0.3 is 5.32 Å². The first-order valence-corrected chi connectivity index (χ1v) is 12.5. The van der Waals surface area contributed by atoms with E-state index >= 15 is 0 Å². The lowest BCUT2D eigenvalue weighted by molar-refractivity contribution is -0.119. The van der Waals surface area contributed by atoms with Crippen molar-refractivity contribution in [2.24, 2.45) is 0 Å². The van der Waals surface area contributed by atoms with Gasteiger partial charge in [0.15, 0.2) is 5.16 Å². The third-order valence-electron chi connectivity index (χ3n) is 5.78.